The third kappa shape index (κ3) is 2.25. The van der Waals surface area contributed by atoms with E-state index in [1.54, 1.807) is 12.3 Å². The van der Waals surface area contributed by atoms with Crippen LogP contribution in [0.25, 0.3) is 0 Å². The minimum atomic E-state index is -0.384. The van der Waals surface area contributed by atoms with Crippen molar-refractivity contribution in [1.29, 1.82) is 0 Å². The van der Waals surface area contributed by atoms with Crippen LogP contribution in [0, 0.1) is 11.6 Å². The molecule has 0 saturated heterocycles. The maximum absolute atomic E-state index is 11.5. The van der Waals surface area contributed by atoms with Crippen LogP contribution in [-0.2, 0) is 6.54 Å². The Morgan fingerprint density at radius 1 is 1.19 bits per heavy atom. The second-order valence-corrected chi connectivity index (χ2v) is 3.94. The van der Waals surface area contributed by atoms with Gasteiger partial charge in [0.15, 0.2) is 17.4 Å². The molecule has 0 unspecified atom stereocenters. The lowest BCUT2D eigenvalue weighted by atomic mass is 10.2. The van der Waals surface area contributed by atoms with E-state index in [2.05, 4.69) is 0 Å². The highest BCUT2D eigenvalue weighted by atomic mass is 35.5. The van der Waals surface area contributed by atoms with Crippen LogP contribution in [0.5, 0.6) is 5.75 Å². The average molecular weight is 237 g/mol. The van der Waals surface area contributed by atoms with Crippen LogP contribution in [0.4, 0.5) is 0 Å². The van der Waals surface area contributed by atoms with Gasteiger partial charge in [0.25, 0.3) is 5.56 Å². The molecule has 0 amide bonds. The minimum absolute atomic E-state index is 0.234. The number of rotatable bonds is 2. The Bertz CT molecular complexity index is 546. The maximum atomic E-state index is 11.5. The Morgan fingerprint density at radius 2 is 1.88 bits per heavy atom. The quantitative estimate of drug-likeness (QED) is 0.854. The number of nitrogens with zero attached hydrogens (tertiary/aromatic N) is 1. The smallest absolute Gasteiger partial charge is 0.292 e. The molecule has 82 valence electrons. The Hall–Kier alpha value is -1.74. The van der Waals surface area contributed by atoms with Gasteiger partial charge < -0.3 is 9.67 Å². The lowest BCUT2D eigenvalue weighted by Crippen LogP contribution is -2.18. The second-order valence-electron chi connectivity index (χ2n) is 3.47. The topological polar surface area (TPSA) is 42.2 Å². The fraction of sp³-hybridized carbons (Fsp3) is 0.0833. The van der Waals surface area contributed by atoms with Gasteiger partial charge in [-0.15, -0.1) is 0 Å². The fourth-order valence-corrected chi connectivity index (χ4v) is 1.58. The summed E-state index contributed by atoms with van der Waals surface area (Å²) in [4.78, 5) is 11.5. The van der Waals surface area contributed by atoms with Crippen molar-refractivity contribution in [2.75, 3.05) is 0 Å². The van der Waals surface area contributed by atoms with Crippen molar-refractivity contribution in [3.8, 4) is 5.75 Å². The Kier molecular flexibility index (Phi) is 2.97. The van der Waals surface area contributed by atoms with E-state index in [9.17, 15) is 9.90 Å². The number of hydrogen-bond acceptors (Lipinski definition) is 2. The summed E-state index contributed by atoms with van der Waals surface area (Å²) in [5, 5.41) is 10.0. The third-order valence-electron chi connectivity index (χ3n) is 2.28. The lowest BCUT2D eigenvalue weighted by Gasteiger charge is -2.05. The van der Waals surface area contributed by atoms with Gasteiger partial charge in [-0.25, -0.2) is 0 Å². The molecule has 0 fully saturated rings. The van der Waals surface area contributed by atoms with E-state index in [1.165, 1.54) is 10.6 Å². The molecule has 3 nitrogen and oxygen atoms in total. The SMILES string of the molecule is O=c1c(O)cccn1Cc1ccc([ClH+])cc1. The number of benzene rings is 1. The van der Waals surface area contributed by atoms with Gasteiger partial charge in [-0.05, 0) is 17.7 Å². The summed E-state index contributed by atoms with van der Waals surface area (Å²) in [7, 11) is 0. The van der Waals surface area contributed by atoms with Gasteiger partial charge in [-0.2, -0.15) is 0 Å². The predicted octanol–water partition coefficient (Wildman–Crippen LogP) is 1.30. The van der Waals surface area contributed by atoms with Crippen molar-refractivity contribution in [2.45, 2.75) is 6.54 Å². The first-order valence-electron chi connectivity index (χ1n) is 4.81. The number of halogens is 1. The third-order valence-corrected chi connectivity index (χ3v) is 2.55. The number of aromatic nitrogens is 1. The monoisotopic (exact) mass is 236 g/mol. The molecular formula is C12H11ClNO2+. The van der Waals surface area contributed by atoms with E-state index in [0.29, 0.717) is 6.54 Å². The molecule has 0 radical (unpaired) electrons. The first-order valence-corrected chi connectivity index (χ1v) is 5.22. The number of pyridine rings is 1. The minimum Gasteiger partial charge on any atom is -0.503 e. The summed E-state index contributed by atoms with van der Waals surface area (Å²) in [6.45, 7) is 0.433. The molecule has 1 N–H and O–H groups in total. The van der Waals surface area contributed by atoms with Crippen molar-refractivity contribution in [2.24, 2.45) is 0 Å². The summed E-state index contributed by atoms with van der Waals surface area (Å²) < 4.78 is 1.45. The van der Waals surface area contributed by atoms with Crippen molar-refractivity contribution in [1.82, 2.24) is 4.57 Å². The zero-order valence-electron chi connectivity index (χ0n) is 8.46. The molecule has 16 heavy (non-hydrogen) atoms. The lowest BCUT2D eigenvalue weighted by molar-refractivity contribution is -0.288. The molecule has 0 aliphatic heterocycles. The molecule has 1 heterocycles. The predicted molar refractivity (Wildman–Crippen MR) is 58.5 cm³/mol. The zero-order valence-corrected chi connectivity index (χ0v) is 9.28. The van der Waals surface area contributed by atoms with Crippen molar-refractivity contribution >= 4 is 0 Å². The highest BCUT2D eigenvalue weighted by Gasteiger charge is 2.02. The van der Waals surface area contributed by atoms with Gasteiger partial charge in [0, 0.05) is 18.3 Å². The molecule has 2 aromatic rings. The molecule has 0 bridgehead atoms. The summed E-state index contributed by atoms with van der Waals surface area (Å²) in [6, 6.07) is 10.4. The van der Waals surface area contributed by atoms with Crippen LogP contribution in [0.15, 0.2) is 47.4 Å². The van der Waals surface area contributed by atoms with Crippen LogP contribution < -0.4 is 5.56 Å². The van der Waals surface area contributed by atoms with Crippen LogP contribution in [0.3, 0.4) is 0 Å². The van der Waals surface area contributed by atoms with Gasteiger partial charge in [-0.3, -0.25) is 4.79 Å². The van der Waals surface area contributed by atoms with Gasteiger partial charge in [0.05, 0.1) is 6.54 Å². The Morgan fingerprint density at radius 3 is 2.56 bits per heavy atom. The Balaban J connectivity index is 2.31. The molecule has 0 atom stereocenters. The summed E-state index contributed by atoms with van der Waals surface area (Å²) >= 11 is 4.97. The van der Waals surface area contributed by atoms with Crippen LogP contribution >= 0.6 is 0 Å². The highest BCUT2D eigenvalue weighted by molar-refractivity contribution is 5.21. The van der Waals surface area contributed by atoms with Crippen LogP contribution in [0.1, 0.15) is 5.56 Å². The van der Waals surface area contributed by atoms with Gasteiger partial charge in [-0.1, -0.05) is 12.1 Å². The molecule has 1 aromatic carbocycles. The van der Waals surface area contributed by atoms with E-state index >= 15 is 0 Å². The van der Waals surface area contributed by atoms with E-state index in [4.69, 9.17) is 11.6 Å². The summed E-state index contributed by atoms with van der Waals surface area (Å²) in [5.74, 6) is -0.234. The first-order chi connectivity index (χ1) is 7.66. The highest BCUT2D eigenvalue weighted by Crippen LogP contribution is 2.06. The fourth-order valence-electron chi connectivity index (χ4n) is 1.44. The van der Waals surface area contributed by atoms with E-state index in [1.807, 2.05) is 24.3 Å². The maximum Gasteiger partial charge on any atom is 0.292 e. The van der Waals surface area contributed by atoms with Gasteiger partial charge in [0.1, 0.15) is 0 Å². The standard InChI is InChI=1S/C12H10ClNO2/c13-10-5-3-9(4-6-10)8-14-7-1-2-11(15)12(14)16/h1-7,13H,8H2/p+1. The molecule has 0 saturated carbocycles. The van der Waals surface area contributed by atoms with E-state index in [-0.39, 0.29) is 11.3 Å². The molecule has 2 rings (SSSR count). The second kappa shape index (κ2) is 4.41. The average Bonchev–Trinajstić information content (AvgIpc) is 2.28. The van der Waals surface area contributed by atoms with Crippen LogP contribution in [-0.4, -0.2) is 9.67 Å². The van der Waals surface area contributed by atoms with Gasteiger partial charge in [0.2, 0.25) is 5.02 Å². The molecule has 0 spiro atoms. The summed E-state index contributed by atoms with van der Waals surface area (Å²) in [5.41, 5.74) is 0.589. The molecule has 4 heteroatoms. The summed E-state index contributed by atoms with van der Waals surface area (Å²) in [6.07, 6.45) is 1.64. The normalized spacial score (nSPS) is 10.3. The molecule has 1 aromatic heterocycles. The Labute approximate surface area is 97.5 Å². The molecular weight excluding hydrogens is 226 g/mol. The van der Waals surface area contributed by atoms with Crippen LogP contribution in [0.2, 0.25) is 5.02 Å². The van der Waals surface area contributed by atoms with Crippen molar-refractivity contribution < 1.29 is 16.7 Å². The number of hydrogen-bond donors (Lipinski definition) is 1. The van der Waals surface area contributed by atoms with Crippen molar-refractivity contribution in [3.05, 3.63) is 63.5 Å². The van der Waals surface area contributed by atoms with Crippen molar-refractivity contribution in [3.63, 3.8) is 0 Å². The van der Waals surface area contributed by atoms with E-state index in [0.717, 1.165) is 10.6 Å². The first kappa shape index (κ1) is 10.8. The van der Waals surface area contributed by atoms with E-state index < -0.39 is 0 Å². The molecule has 0 aliphatic rings. The molecule has 0 aliphatic carbocycles. The number of aromatic hydroxyl groups is 1. The van der Waals surface area contributed by atoms with Gasteiger partial charge >= 0.3 is 0 Å². The zero-order chi connectivity index (χ0) is 11.5. The largest absolute Gasteiger partial charge is 0.503 e.